The number of hydrogen-bond donors (Lipinski definition) is 0. The van der Waals surface area contributed by atoms with Crippen LogP contribution in [0.4, 0.5) is 0 Å². The van der Waals surface area contributed by atoms with Crippen molar-refractivity contribution in [2.75, 3.05) is 0 Å². The van der Waals surface area contributed by atoms with E-state index in [4.69, 9.17) is 9.97 Å². The van der Waals surface area contributed by atoms with Gasteiger partial charge in [-0.2, -0.15) is 0 Å². The van der Waals surface area contributed by atoms with E-state index in [0.29, 0.717) is 5.82 Å². The van der Waals surface area contributed by atoms with Crippen molar-refractivity contribution in [1.82, 2.24) is 14.5 Å². The number of thiophene rings is 1. The van der Waals surface area contributed by atoms with Crippen molar-refractivity contribution in [3.05, 3.63) is 188 Å². The Hall–Kier alpha value is -6.88. The molecule has 3 heterocycles. The largest absolute Gasteiger partial charge is 0.309 e. The van der Waals surface area contributed by atoms with E-state index >= 15 is 0 Å². The molecular formula is C50H31N3S. The molecule has 0 aliphatic heterocycles. The van der Waals surface area contributed by atoms with Crippen LogP contribution < -0.4 is 0 Å². The van der Waals surface area contributed by atoms with Crippen LogP contribution in [-0.2, 0) is 0 Å². The average molecular weight is 706 g/mol. The van der Waals surface area contributed by atoms with Gasteiger partial charge < -0.3 is 4.57 Å². The van der Waals surface area contributed by atoms with Crippen molar-refractivity contribution in [2.24, 2.45) is 0 Å². The summed E-state index contributed by atoms with van der Waals surface area (Å²) >= 11 is 1.90. The number of aromatic nitrogens is 3. The zero-order valence-corrected chi connectivity index (χ0v) is 30.0. The molecule has 0 saturated heterocycles. The van der Waals surface area contributed by atoms with Gasteiger partial charge in [0.25, 0.3) is 0 Å². The first kappa shape index (κ1) is 30.7. The average Bonchev–Trinajstić information content (AvgIpc) is 3.81. The van der Waals surface area contributed by atoms with E-state index in [1.807, 2.05) is 23.5 Å². The van der Waals surface area contributed by atoms with Gasteiger partial charge in [-0.1, -0.05) is 140 Å². The number of rotatable bonds is 5. The fraction of sp³-hybridized carbons (Fsp3) is 0. The number of fused-ring (bicyclic) bond motifs is 10. The van der Waals surface area contributed by atoms with Gasteiger partial charge in [-0.05, 0) is 59.7 Å². The molecular weight excluding hydrogens is 675 g/mol. The van der Waals surface area contributed by atoms with Gasteiger partial charge in [-0.15, -0.1) is 11.3 Å². The van der Waals surface area contributed by atoms with Gasteiger partial charge in [0.1, 0.15) is 0 Å². The van der Waals surface area contributed by atoms with Crippen molar-refractivity contribution in [3.63, 3.8) is 0 Å². The molecule has 0 spiro atoms. The highest BCUT2D eigenvalue weighted by Gasteiger charge is 2.22. The first-order chi connectivity index (χ1) is 26.8. The second kappa shape index (κ2) is 12.4. The standard InChI is InChI=1S/C50H31N3S/c1-4-14-32(15-5-1)36-26-29-45-41(30-36)47-46-40-22-12-13-23-44(40)53(48(46)38-20-10-11-21-39(38)49(47)54-45)37-27-24-35(25-28-37)50-51-42(33-16-6-2-7-17-33)31-43(52-50)34-18-8-3-9-19-34/h1-31H. The normalized spacial score (nSPS) is 11.7. The minimum Gasteiger partial charge on any atom is -0.309 e. The molecule has 0 amide bonds. The lowest BCUT2D eigenvalue weighted by atomic mass is 9.97. The summed E-state index contributed by atoms with van der Waals surface area (Å²) in [7, 11) is 0. The molecule has 252 valence electrons. The number of nitrogens with zero attached hydrogens (tertiary/aromatic N) is 3. The Morgan fingerprint density at radius 2 is 0.944 bits per heavy atom. The molecule has 0 fully saturated rings. The van der Waals surface area contributed by atoms with Crippen LogP contribution in [0.1, 0.15) is 0 Å². The maximum absolute atomic E-state index is 5.10. The maximum Gasteiger partial charge on any atom is 0.160 e. The van der Waals surface area contributed by atoms with Crippen LogP contribution in [0.2, 0.25) is 0 Å². The summed E-state index contributed by atoms with van der Waals surface area (Å²) in [6.45, 7) is 0. The van der Waals surface area contributed by atoms with E-state index in [1.165, 1.54) is 63.9 Å². The van der Waals surface area contributed by atoms with Crippen molar-refractivity contribution >= 4 is 64.1 Å². The Morgan fingerprint density at radius 3 is 1.61 bits per heavy atom. The first-order valence-corrected chi connectivity index (χ1v) is 19.1. The highest BCUT2D eigenvalue weighted by Crippen LogP contribution is 2.48. The van der Waals surface area contributed by atoms with E-state index in [-0.39, 0.29) is 0 Å². The summed E-state index contributed by atoms with van der Waals surface area (Å²) in [5.74, 6) is 0.704. The molecule has 54 heavy (non-hydrogen) atoms. The molecule has 4 heteroatoms. The molecule has 0 N–H and O–H groups in total. The molecule has 0 unspecified atom stereocenters. The summed E-state index contributed by atoms with van der Waals surface area (Å²) in [6, 6.07) is 67.0. The van der Waals surface area contributed by atoms with Crippen LogP contribution in [0, 0.1) is 0 Å². The molecule has 3 nitrogen and oxygen atoms in total. The van der Waals surface area contributed by atoms with Crippen molar-refractivity contribution in [1.29, 1.82) is 0 Å². The molecule has 8 aromatic carbocycles. The van der Waals surface area contributed by atoms with Gasteiger partial charge in [-0.25, -0.2) is 9.97 Å². The Morgan fingerprint density at radius 1 is 0.389 bits per heavy atom. The second-order valence-corrected chi connectivity index (χ2v) is 14.8. The van der Waals surface area contributed by atoms with E-state index in [9.17, 15) is 0 Å². The monoisotopic (exact) mass is 705 g/mol. The van der Waals surface area contributed by atoms with Crippen LogP contribution in [0.3, 0.4) is 0 Å². The third-order valence-corrected chi connectivity index (χ3v) is 11.8. The SMILES string of the molecule is c1ccc(-c2ccc3sc4c5ccccc5c5c(c6ccccc6n5-c5ccc(-c6nc(-c7ccccc7)cc(-c7ccccc7)n6)cc5)c4c3c2)cc1. The maximum atomic E-state index is 5.10. The first-order valence-electron chi connectivity index (χ1n) is 18.2. The van der Waals surface area contributed by atoms with E-state index in [2.05, 4.69) is 180 Å². The molecule has 0 aliphatic carbocycles. The summed E-state index contributed by atoms with van der Waals surface area (Å²) in [6.07, 6.45) is 0. The van der Waals surface area contributed by atoms with Crippen LogP contribution in [0.15, 0.2) is 188 Å². The zero-order chi connectivity index (χ0) is 35.6. The minimum atomic E-state index is 0.704. The molecule has 0 bridgehead atoms. The zero-order valence-electron chi connectivity index (χ0n) is 29.1. The number of para-hydroxylation sites is 1. The predicted octanol–water partition coefficient (Wildman–Crippen LogP) is 13.8. The molecule has 0 saturated carbocycles. The lowest BCUT2D eigenvalue weighted by molar-refractivity contribution is 1.17. The topological polar surface area (TPSA) is 30.7 Å². The van der Waals surface area contributed by atoms with Crippen molar-refractivity contribution in [2.45, 2.75) is 0 Å². The molecule has 11 aromatic rings. The highest BCUT2D eigenvalue weighted by molar-refractivity contribution is 7.27. The highest BCUT2D eigenvalue weighted by atomic mass is 32.1. The lowest BCUT2D eigenvalue weighted by Crippen LogP contribution is -1.97. The Kier molecular flexibility index (Phi) is 7.04. The van der Waals surface area contributed by atoms with Crippen LogP contribution >= 0.6 is 11.3 Å². The van der Waals surface area contributed by atoms with Gasteiger partial charge in [0.2, 0.25) is 0 Å². The number of benzene rings is 8. The van der Waals surface area contributed by atoms with Gasteiger partial charge in [-0.3, -0.25) is 0 Å². The quantitative estimate of drug-likeness (QED) is 0.178. The number of hydrogen-bond acceptors (Lipinski definition) is 3. The van der Waals surface area contributed by atoms with Gasteiger partial charge >= 0.3 is 0 Å². The van der Waals surface area contributed by atoms with Crippen molar-refractivity contribution in [3.8, 4) is 50.7 Å². The summed E-state index contributed by atoms with van der Waals surface area (Å²) in [4.78, 5) is 10.2. The second-order valence-electron chi connectivity index (χ2n) is 13.7. The fourth-order valence-electron chi connectivity index (χ4n) is 8.10. The summed E-state index contributed by atoms with van der Waals surface area (Å²) < 4.78 is 5.09. The third-order valence-electron chi connectivity index (χ3n) is 10.6. The van der Waals surface area contributed by atoms with Crippen LogP contribution in [0.25, 0.3) is 103 Å². The molecule has 0 radical (unpaired) electrons. The van der Waals surface area contributed by atoms with Gasteiger partial charge in [0, 0.05) is 64.1 Å². The van der Waals surface area contributed by atoms with E-state index < -0.39 is 0 Å². The Balaban J connectivity index is 1.15. The Labute approximate surface area is 316 Å². The van der Waals surface area contributed by atoms with Crippen LogP contribution in [0.5, 0.6) is 0 Å². The minimum absolute atomic E-state index is 0.704. The van der Waals surface area contributed by atoms with E-state index in [1.54, 1.807) is 0 Å². The Bertz CT molecular complexity index is 3120. The molecule has 0 atom stereocenters. The summed E-state index contributed by atoms with van der Waals surface area (Å²) in [5, 5.41) is 7.71. The van der Waals surface area contributed by atoms with Crippen LogP contribution in [-0.4, -0.2) is 14.5 Å². The van der Waals surface area contributed by atoms with Crippen molar-refractivity contribution < 1.29 is 0 Å². The van der Waals surface area contributed by atoms with Gasteiger partial charge in [0.05, 0.1) is 22.4 Å². The summed E-state index contributed by atoms with van der Waals surface area (Å²) in [5.41, 5.74) is 10.9. The lowest BCUT2D eigenvalue weighted by Gasteiger charge is -2.12. The molecule has 0 aliphatic rings. The van der Waals surface area contributed by atoms with Gasteiger partial charge in [0.15, 0.2) is 5.82 Å². The smallest absolute Gasteiger partial charge is 0.160 e. The predicted molar refractivity (Wildman–Crippen MR) is 229 cm³/mol. The molecule has 3 aromatic heterocycles. The third kappa shape index (κ3) is 4.88. The van der Waals surface area contributed by atoms with E-state index in [0.717, 1.165) is 33.8 Å². The molecule has 11 rings (SSSR count). The fourth-order valence-corrected chi connectivity index (χ4v) is 9.33.